The van der Waals surface area contributed by atoms with Gasteiger partial charge in [0.25, 0.3) is 3.79 Å². The average molecular weight is 542 g/mol. The molecule has 0 aromatic heterocycles. The van der Waals surface area contributed by atoms with Crippen molar-refractivity contribution in [3.8, 4) is 0 Å². The number of azide groups is 1. The van der Waals surface area contributed by atoms with Crippen molar-refractivity contribution in [2.24, 2.45) is 5.11 Å². The molecule has 0 radical (unpaired) electrons. The first kappa shape index (κ1) is 26.6. The van der Waals surface area contributed by atoms with E-state index in [1.54, 1.807) is 36.4 Å². The van der Waals surface area contributed by atoms with E-state index in [0.29, 0.717) is 0 Å². The molecule has 1 aliphatic heterocycles. The third-order valence-corrected chi connectivity index (χ3v) is 5.43. The minimum absolute atomic E-state index is 0.197. The molecule has 13 heteroatoms. The number of hydrogen-bond donors (Lipinski definition) is 1. The molecule has 0 aliphatic carbocycles. The molecule has 5 atom stereocenters. The quantitative estimate of drug-likeness (QED) is 0.0967. The minimum atomic E-state index is -2.25. The number of carbonyl (C=O) groups is 2. The monoisotopic (exact) mass is 540 g/mol. The molecule has 1 fully saturated rings. The maximum Gasteiger partial charge on any atom is 0.338 e. The summed E-state index contributed by atoms with van der Waals surface area (Å²) in [5.41, 5.74) is 9.33. The molecule has 35 heavy (non-hydrogen) atoms. The van der Waals surface area contributed by atoms with Crippen LogP contribution >= 0.6 is 34.8 Å². The smallest absolute Gasteiger partial charge is 0.338 e. The summed E-state index contributed by atoms with van der Waals surface area (Å²) in [6.07, 6.45) is -5.37. The predicted octanol–water partition coefficient (Wildman–Crippen LogP) is 5.23. The van der Waals surface area contributed by atoms with Crippen LogP contribution in [0.5, 0.6) is 0 Å². The van der Waals surface area contributed by atoms with Crippen LogP contribution in [0.1, 0.15) is 27.6 Å². The first-order valence-corrected chi connectivity index (χ1v) is 11.3. The van der Waals surface area contributed by atoms with Crippen LogP contribution in [0.4, 0.5) is 0 Å². The number of nitrogens with one attached hydrogen (secondary N) is 1. The fraction of sp³-hybridized carbons (Fsp3) is 0.318. The van der Waals surface area contributed by atoms with E-state index in [4.69, 9.17) is 64.7 Å². The van der Waals surface area contributed by atoms with Crippen LogP contribution < -0.4 is 0 Å². The fourth-order valence-electron chi connectivity index (χ4n) is 3.25. The van der Waals surface area contributed by atoms with E-state index in [1.165, 1.54) is 31.2 Å². The van der Waals surface area contributed by atoms with Gasteiger partial charge in [0.2, 0.25) is 18.3 Å². The second-order valence-corrected chi connectivity index (χ2v) is 9.61. The number of rotatable bonds is 7. The lowest BCUT2D eigenvalue weighted by Crippen LogP contribution is -2.44. The van der Waals surface area contributed by atoms with Crippen LogP contribution in [0.15, 0.2) is 65.8 Å². The Morgan fingerprint density at radius 1 is 0.971 bits per heavy atom. The standard InChI is InChI=1S/C22H19Cl3N4O6/c1-12(28-29-27)15-16(32-18(30)13-8-4-2-5-9-13)17(20(34-15)35-21(26)22(23,24)25)33-19(31)14-10-6-3-7-11-14/h2-12,15-17,20,26H,1H3/t12-,15-,16?,17?,20+/m1/s1. The number of carbonyl (C=O) groups excluding carboxylic acids is 2. The van der Waals surface area contributed by atoms with Crippen LogP contribution in [0, 0.1) is 5.41 Å². The van der Waals surface area contributed by atoms with Crippen molar-refractivity contribution < 1.29 is 28.5 Å². The molecule has 0 bridgehead atoms. The average Bonchev–Trinajstić information content (AvgIpc) is 3.16. The normalized spacial score (nSPS) is 22.4. The van der Waals surface area contributed by atoms with Crippen molar-refractivity contribution in [3.63, 3.8) is 0 Å². The van der Waals surface area contributed by atoms with Gasteiger partial charge in [-0.1, -0.05) is 83.2 Å². The highest BCUT2D eigenvalue weighted by Crippen LogP contribution is 2.35. The Morgan fingerprint density at radius 2 is 1.46 bits per heavy atom. The van der Waals surface area contributed by atoms with Crippen LogP contribution in [0.2, 0.25) is 0 Å². The number of benzene rings is 2. The summed E-state index contributed by atoms with van der Waals surface area (Å²) >= 11 is 17.2. The lowest BCUT2D eigenvalue weighted by atomic mass is 10.0. The van der Waals surface area contributed by atoms with Crippen LogP contribution in [-0.4, -0.2) is 52.3 Å². The van der Waals surface area contributed by atoms with Crippen LogP contribution in [0.25, 0.3) is 10.4 Å². The summed E-state index contributed by atoms with van der Waals surface area (Å²) in [4.78, 5) is 28.5. The number of nitrogens with zero attached hydrogens (tertiary/aromatic N) is 3. The Morgan fingerprint density at radius 3 is 1.91 bits per heavy atom. The van der Waals surface area contributed by atoms with Crippen molar-refractivity contribution >= 4 is 52.6 Å². The van der Waals surface area contributed by atoms with Gasteiger partial charge in [0.15, 0.2) is 6.10 Å². The van der Waals surface area contributed by atoms with Gasteiger partial charge in [-0.2, -0.15) is 0 Å². The van der Waals surface area contributed by atoms with Crippen LogP contribution in [-0.2, 0) is 18.9 Å². The van der Waals surface area contributed by atoms with Crippen molar-refractivity contribution in [1.82, 2.24) is 0 Å². The van der Waals surface area contributed by atoms with Crippen molar-refractivity contribution in [2.45, 2.75) is 41.4 Å². The number of halogens is 3. The molecule has 184 valence electrons. The van der Waals surface area contributed by atoms with Gasteiger partial charge in [-0.3, -0.25) is 5.41 Å². The zero-order valence-electron chi connectivity index (χ0n) is 18.1. The molecule has 1 aliphatic rings. The third kappa shape index (κ3) is 6.78. The van der Waals surface area contributed by atoms with E-state index < -0.39 is 52.3 Å². The molecule has 3 rings (SSSR count). The summed E-state index contributed by atoms with van der Waals surface area (Å²) in [5.74, 6) is -2.36. The Labute approximate surface area is 215 Å². The van der Waals surface area contributed by atoms with Gasteiger partial charge in [-0.15, -0.1) is 0 Å². The van der Waals surface area contributed by atoms with E-state index in [0.717, 1.165) is 0 Å². The Bertz CT molecular complexity index is 1110. The van der Waals surface area contributed by atoms with Crippen molar-refractivity contribution in [2.75, 3.05) is 0 Å². The Hall–Kier alpha value is -3.01. The molecule has 0 spiro atoms. The Kier molecular flexibility index (Phi) is 8.82. The molecule has 2 unspecified atom stereocenters. The summed E-state index contributed by atoms with van der Waals surface area (Å²) in [6, 6.07) is 15.2. The summed E-state index contributed by atoms with van der Waals surface area (Å²) in [6.45, 7) is 1.51. The van der Waals surface area contributed by atoms with Gasteiger partial charge in [-0.05, 0) is 29.8 Å². The second kappa shape index (κ2) is 11.6. The molecular formula is C22H19Cl3N4O6. The lowest BCUT2D eigenvalue weighted by molar-refractivity contribution is -0.124. The second-order valence-electron chi connectivity index (χ2n) is 7.33. The first-order chi connectivity index (χ1) is 16.6. The number of hydrogen-bond acceptors (Lipinski definition) is 8. The molecular weight excluding hydrogens is 523 g/mol. The molecule has 0 amide bonds. The summed E-state index contributed by atoms with van der Waals surface area (Å²) < 4.78 is 20.2. The maximum atomic E-state index is 12.8. The SMILES string of the molecule is C[C@@H](N=[N+]=[N-])[C@H]1O[C@@H](OC(=N)C(Cl)(Cl)Cl)C(OC(=O)c2ccccc2)C1OC(=O)c1ccccc1. The van der Waals surface area contributed by atoms with Crippen LogP contribution in [0.3, 0.4) is 0 Å². The highest BCUT2D eigenvalue weighted by Gasteiger charge is 2.54. The third-order valence-electron chi connectivity index (χ3n) is 4.91. The fourth-order valence-corrected chi connectivity index (χ4v) is 3.39. The predicted molar refractivity (Wildman–Crippen MR) is 128 cm³/mol. The molecule has 1 saturated heterocycles. The molecule has 2 aromatic rings. The van der Waals surface area contributed by atoms with E-state index in [-0.39, 0.29) is 11.1 Å². The Balaban J connectivity index is 1.97. The van der Waals surface area contributed by atoms with E-state index in [1.807, 2.05) is 0 Å². The zero-order chi connectivity index (χ0) is 25.6. The molecule has 10 nitrogen and oxygen atoms in total. The number of esters is 2. The number of alkyl halides is 3. The summed E-state index contributed by atoms with van der Waals surface area (Å²) in [7, 11) is 0. The maximum absolute atomic E-state index is 12.8. The van der Waals surface area contributed by atoms with Gasteiger partial charge in [0.1, 0.15) is 6.10 Å². The highest BCUT2D eigenvalue weighted by atomic mass is 35.6. The molecule has 1 heterocycles. The van der Waals surface area contributed by atoms with E-state index in [2.05, 4.69) is 10.0 Å². The van der Waals surface area contributed by atoms with Gasteiger partial charge in [0.05, 0.1) is 17.2 Å². The first-order valence-electron chi connectivity index (χ1n) is 10.2. The summed E-state index contributed by atoms with van der Waals surface area (Å²) in [5, 5.41) is 11.5. The van der Waals surface area contributed by atoms with E-state index >= 15 is 0 Å². The van der Waals surface area contributed by atoms with Crippen molar-refractivity contribution in [1.29, 1.82) is 5.41 Å². The zero-order valence-corrected chi connectivity index (χ0v) is 20.4. The van der Waals surface area contributed by atoms with E-state index in [9.17, 15) is 9.59 Å². The number of ether oxygens (including phenoxy) is 4. The molecule has 0 saturated carbocycles. The molecule has 2 aromatic carbocycles. The lowest BCUT2D eigenvalue weighted by Gasteiger charge is -2.26. The minimum Gasteiger partial charge on any atom is -0.452 e. The molecule has 1 N–H and O–H groups in total. The van der Waals surface area contributed by atoms with Gasteiger partial charge in [0, 0.05) is 4.91 Å². The van der Waals surface area contributed by atoms with Gasteiger partial charge >= 0.3 is 11.9 Å². The van der Waals surface area contributed by atoms with Gasteiger partial charge < -0.3 is 18.9 Å². The highest BCUT2D eigenvalue weighted by molar-refractivity contribution is 6.76. The largest absolute Gasteiger partial charge is 0.452 e. The van der Waals surface area contributed by atoms with Gasteiger partial charge in [-0.25, -0.2) is 9.59 Å². The van der Waals surface area contributed by atoms with Crippen molar-refractivity contribution in [3.05, 3.63) is 82.2 Å². The topological polar surface area (TPSA) is 144 Å².